The molecule has 4 aromatic heterocycles. The van der Waals surface area contributed by atoms with E-state index in [2.05, 4.69) is 20.3 Å². The van der Waals surface area contributed by atoms with Gasteiger partial charge < -0.3 is 0 Å². The first-order chi connectivity index (χ1) is 14.5. The molecule has 30 heavy (non-hydrogen) atoms. The van der Waals surface area contributed by atoms with Crippen molar-refractivity contribution >= 4 is 39.0 Å². The second kappa shape index (κ2) is 7.26. The first-order valence-corrected chi connectivity index (χ1v) is 10.4. The molecule has 0 radical (unpaired) electrons. The number of hydrogen-bond donors (Lipinski definition) is 0. The van der Waals surface area contributed by atoms with E-state index in [-0.39, 0.29) is 11.2 Å². The van der Waals surface area contributed by atoms with Crippen LogP contribution in [0.4, 0.5) is 8.78 Å². The predicted molar refractivity (Wildman–Crippen MR) is 110 cm³/mol. The number of halogens is 2. The van der Waals surface area contributed by atoms with Crippen LogP contribution in [0.3, 0.4) is 0 Å². The fraction of sp³-hybridized carbons (Fsp3) is 0.105. The lowest BCUT2D eigenvalue weighted by molar-refractivity contribution is 0.137. The summed E-state index contributed by atoms with van der Waals surface area (Å²) in [5, 5.41) is 12.7. The summed E-state index contributed by atoms with van der Waals surface area (Å²) < 4.78 is 28.6. The number of alkyl halides is 2. The zero-order valence-electron chi connectivity index (χ0n) is 15.4. The number of benzene rings is 1. The Hall–Kier alpha value is -3.18. The van der Waals surface area contributed by atoms with Crippen LogP contribution in [-0.2, 0) is 7.05 Å². The molecule has 0 saturated carbocycles. The SMILES string of the molecule is Cn1c(Sc2ccc3nnc(C(F)F)n3n2)nc2sc(-c3ccccc3)cc2c1=O. The standard InChI is InChI=1S/C19H12F2N6OS2/c1-26-18(28)11-9-12(10-5-3-2-4-6-10)29-17(11)22-19(26)30-14-8-7-13-23-24-16(15(20)21)27(13)25-14/h2-9,15H,1H3. The topological polar surface area (TPSA) is 78.0 Å². The van der Waals surface area contributed by atoms with E-state index in [1.54, 1.807) is 19.2 Å². The molecule has 5 rings (SSSR count). The average Bonchev–Trinajstić information content (AvgIpc) is 3.36. The van der Waals surface area contributed by atoms with Gasteiger partial charge >= 0.3 is 0 Å². The van der Waals surface area contributed by atoms with Gasteiger partial charge in [0.25, 0.3) is 12.0 Å². The Balaban J connectivity index is 1.58. The average molecular weight is 442 g/mol. The molecule has 0 amide bonds. The zero-order chi connectivity index (χ0) is 20.8. The molecule has 4 heterocycles. The molecule has 150 valence electrons. The number of aromatic nitrogens is 6. The minimum absolute atomic E-state index is 0.181. The molecule has 0 atom stereocenters. The third-order valence-electron chi connectivity index (χ3n) is 4.44. The van der Waals surface area contributed by atoms with Crippen molar-refractivity contribution in [2.45, 2.75) is 16.6 Å². The molecule has 0 N–H and O–H groups in total. The Kier molecular flexibility index (Phi) is 4.55. The molecule has 0 aliphatic rings. The van der Waals surface area contributed by atoms with E-state index in [1.165, 1.54) is 15.9 Å². The maximum absolute atomic E-state index is 13.1. The highest BCUT2D eigenvalue weighted by Crippen LogP contribution is 2.33. The van der Waals surface area contributed by atoms with Gasteiger partial charge in [0.05, 0.1) is 5.39 Å². The van der Waals surface area contributed by atoms with Crippen LogP contribution >= 0.6 is 23.1 Å². The minimum atomic E-state index is -2.80. The Bertz CT molecular complexity index is 1440. The van der Waals surface area contributed by atoms with Gasteiger partial charge in [-0.05, 0) is 35.5 Å². The van der Waals surface area contributed by atoms with Crippen LogP contribution in [0.25, 0.3) is 26.3 Å². The maximum atomic E-state index is 13.1. The highest BCUT2D eigenvalue weighted by Gasteiger charge is 2.18. The summed E-state index contributed by atoms with van der Waals surface area (Å²) in [6.07, 6.45) is -2.80. The van der Waals surface area contributed by atoms with Crippen molar-refractivity contribution in [2.75, 3.05) is 0 Å². The molecule has 0 unspecified atom stereocenters. The van der Waals surface area contributed by atoms with E-state index in [0.717, 1.165) is 26.7 Å². The second-order valence-electron chi connectivity index (χ2n) is 6.36. The van der Waals surface area contributed by atoms with Gasteiger partial charge in [0.2, 0.25) is 5.82 Å². The summed E-state index contributed by atoms with van der Waals surface area (Å²) in [5.41, 5.74) is 1.05. The van der Waals surface area contributed by atoms with Crippen molar-refractivity contribution in [3.63, 3.8) is 0 Å². The van der Waals surface area contributed by atoms with Crippen LogP contribution in [0, 0.1) is 0 Å². The van der Waals surface area contributed by atoms with Gasteiger partial charge in [0.1, 0.15) is 9.86 Å². The van der Waals surface area contributed by atoms with Crippen molar-refractivity contribution in [1.82, 2.24) is 29.4 Å². The summed E-state index contributed by atoms with van der Waals surface area (Å²) >= 11 is 2.54. The van der Waals surface area contributed by atoms with Gasteiger partial charge in [-0.25, -0.2) is 13.8 Å². The van der Waals surface area contributed by atoms with Crippen LogP contribution in [0.2, 0.25) is 0 Å². The number of thiophene rings is 1. The first-order valence-electron chi connectivity index (χ1n) is 8.75. The highest BCUT2D eigenvalue weighted by atomic mass is 32.2. The van der Waals surface area contributed by atoms with E-state index in [9.17, 15) is 13.6 Å². The molecule has 0 saturated heterocycles. The Labute approximate surface area is 176 Å². The van der Waals surface area contributed by atoms with Crippen molar-refractivity contribution in [3.8, 4) is 10.4 Å². The monoisotopic (exact) mass is 442 g/mol. The van der Waals surface area contributed by atoms with Gasteiger partial charge in [0, 0.05) is 11.9 Å². The zero-order valence-corrected chi connectivity index (χ0v) is 17.0. The Morgan fingerprint density at radius 3 is 2.67 bits per heavy atom. The predicted octanol–water partition coefficient (Wildman–Crippen LogP) is 4.19. The minimum Gasteiger partial charge on any atom is -0.290 e. The molecule has 7 nitrogen and oxygen atoms in total. The van der Waals surface area contributed by atoms with Gasteiger partial charge in [-0.1, -0.05) is 30.3 Å². The van der Waals surface area contributed by atoms with Crippen molar-refractivity contribution in [2.24, 2.45) is 7.05 Å². The van der Waals surface area contributed by atoms with E-state index >= 15 is 0 Å². The van der Waals surface area contributed by atoms with Crippen molar-refractivity contribution < 1.29 is 8.78 Å². The van der Waals surface area contributed by atoms with Crippen molar-refractivity contribution in [3.05, 3.63) is 64.7 Å². The lowest BCUT2D eigenvalue weighted by Crippen LogP contribution is -2.19. The van der Waals surface area contributed by atoms with Gasteiger partial charge in [0.15, 0.2) is 10.8 Å². The van der Waals surface area contributed by atoms with Gasteiger partial charge in [-0.2, -0.15) is 9.61 Å². The first kappa shape index (κ1) is 18.8. The molecule has 0 fully saturated rings. The summed E-state index contributed by atoms with van der Waals surface area (Å²) in [7, 11) is 1.62. The third-order valence-corrected chi connectivity index (χ3v) is 6.50. The molecule has 11 heteroatoms. The summed E-state index contributed by atoms with van der Waals surface area (Å²) in [6.45, 7) is 0. The van der Waals surface area contributed by atoms with Crippen LogP contribution in [-0.4, -0.2) is 29.4 Å². The second-order valence-corrected chi connectivity index (χ2v) is 8.37. The van der Waals surface area contributed by atoms with E-state index < -0.39 is 12.2 Å². The Morgan fingerprint density at radius 2 is 1.90 bits per heavy atom. The number of rotatable bonds is 4. The quantitative estimate of drug-likeness (QED) is 0.389. The number of nitrogens with zero attached hydrogens (tertiary/aromatic N) is 6. The highest BCUT2D eigenvalue weighted by molar-refractivity contribution is 7.99. The molecule has 0 aliphatic heterocycles. The lowest BCUT2D eigenvalue weighted by Gasteiger charge is -2.06. The molecule has 0 spiro atoms. The largest absolute Gasteiger partial charge is 0.299 e. The van der Waals surface area contributed by atoms with E-state index in [0.29, 0.717) is 20.4 Å². The van der Waals surface area contributed by atoms with Gasteiger partial charge in [-0.3, -0.25) is 9.36 Å². The molecule has 0 bridgehead atoms. The van der Waals surface area contributed by atoms with Gasteiger partial charge in [-0.15, -0.1) is 21.5 Å². The normalized spacial score (nSPS) is 11.7. The fourth-order valence-electron chi connectivity index (χ4n) is 2.96. The smallest absolute Gasteiger partial charge is 0.290 e. The molecular weight excluding hydrogens is 430 g/mol. The van der Waals surface area contributed by atoms with Crippen LogP contribution in [0.1, 0.15) is 12.2 Å². The summed E-state index contributed by atoms with van der Waals surface area (Å²) in [6, 6.07) is 14.8. The maximum Gasteiger partial charge on any atom is 0.299 e. The van der Waals surface area contributed by atoms with E-state index in [1.807, 2.05) is 36.4 Å². The number of hydrogen-bond acceptors (Lipinski definition) is 7. The molecule has 1 aromatic carbocycles. The Morgan fingerprint density at radius 1 is 1.10 bits per heavy atom. The van der Waals surface area contributed by atoms with Crippen molar-refractivity contribution in [1.29, 1.82) is 0 Å². The van der Waals surface area contributed by atoms with E-state index in [4.69, 9.17) is 0 Å². The molecular formula is C19H12F2N6OS2. The third kappa shape index (κ3) is 3.15. The lowest BCUT2D eigenvalue weighted by atomic mass is 10.2. The van der Waals surface area contributed by atoms with Crippen LogP contribution < -0.4 is 5.56 Å². The fourth-order valence-corrected chi connectivity index (χ4v) is 4.84. The summed E-state index contributed by atoms with van der Waals surface area (Å²) in [4.78, 5) is 19.0. The van der Waals surface area contributed by atoms with Crippen LogP contribution in [0.5, 0.6) is 0 Å². The molecule has 0 aliphatic carbocycles. The number of fused-ring (bicyclic) bond motifs is 2. The molecule has 5 aromatic rings. The van der Waals surface area contributed by atoms with Crippen LogP contribution in [0.15, 0.2) is 63.5 Å². The summed E-state index contributed by atoms with van der Waals surface area (Å²) in [5.74, 6) is -0.532.